The summed E-state index contributed by atoms with van der Waals surface area (Å²) < 4.78 is 46.9. The molecule has 0 aliphatic carbocycles. The minimum absolute atomic E-state index is 0.193. The lowest BCUT2D eigenvalue weighted by atomic mass is 9.95. The summed E-state index contributed by atoms with van der Waals surface area (Å²) in [5.41, 5.74) is -0.611. The first-order chi connectivity index (χ1) is 7.42. The molecule has 0 aliphatic rings. The summed E-state index contributed by atoms with van der Waals surface area (Å²) in [5.74, 6) is -1.79. The van der Waals surface area contributed by atoms with E-state index in [4.69, 9.17) is 0 Å². The van der Waals surface area contributed by atoms with Crippen LogP contribution >= 0.6 is 0 Å². The summed E-state index contributed by atoms with van der Waals surface area (Å²) in [6.07, 6.45) is -4.43. The number of halogens is 3. The SMILES string of the molecule is C[C@H](CS(=O)CC(F)(F)F)NC(=O)C(C)(C)C. The van der Waals surface area contributed by atoms with Crippen molar-refractivity contribution in [2.45, 2.75) is 39.9 Å². The third-order valence-electron chi connectivity index (χ3n) is 1.82. The van der Waals surface area contributed by atoms with Gasteiger partial charge in [-0.1, -0.05) is 20.8 Å². The van der Waals surface area contributed by atoms with Gasteiger partial charge in [0.2, 0.25) is 5.91 Å². The highest BCUT2D eigenvalue weighted by Crippen LogP contribution is 2.16. The summed E-state index contributed by atoms with van der Waals surface area (Å²) >= 11 is 0. The lowest BCUT2D eigenvalue weighted by Gasteiger charge is -2.21. The maximum atomic E-state index is 11.9. The van der Waals surface area contributed by atoms with Gasteiger partial charge in [-0.2, -0.15) is 13.2 Å². The first kappa shape index (κ1) is 16.4. The Bertz CT molecular complexity index is 297. The molecule has 0 spiro atoms. The number of amides is 1. The maximum absolute atomic E-state index is 11.9. The van der Waals surface area contributed by atoms with Crippen molar-refractivity contribution in [1.29, 1.82) is 0 Å². The quantitative estimate of drug-likeness (QED) is 0.849. The molecule has 17 heavy (non-hydrogen) atoms. The van der Waals surface area contributed by atoms with E-state index in [9.17, 15) is 22.2 Å². The highest BCUT2D eigenvalue weighted by atomic mass is 32.2. The number of alkyl halides is 3. The minimum Gasteiger partial charge on any atom is -0.352 e. The van der Waals surface area contributed by atoms with Crippen molar-refractivity contribution in [2.24, 2.45) is 5.41 Å². The second kappa shape index (κ2) is 5.84. The largest absolute Gasteiger partial charge is 0.400 e. The molecule has 0 saturated carbocycles. The third kappa shape index (κ3) is 8.18. The zero-order chi connectivity index (χ0) is 13.9. The highest BCUT2D eigenvalue weighted by molar-refractivity contribution is 7.85. The van der Waals surface area contributed by atoms with Crippen molar-refractivity contribution in [3.05, 3.63) is 0 Å². The van der Waals surface area contributed by atoms with E-state index in [-0.39, 0.29) is 11.7 Å². The molecule has 0 aromatic heterocycles. The fourth-order valence-electron chi connectivity index (χ4n) is 1.00. The lowest BCUT2D eigenvalue weighted by Crippen LogP contribution is -2.43. The number of rotatable bonds is 4. The smallest absolute Gasteiger partial charge is 0.352 e. The molecule has 7 heteroatoms. The summed E-state index contributed by atoms with van der Waals surface area (Å²) in [7, 11) is -2.00. The molecule has 0 aliphatic heterocycles. The number of nitrogens with one attached hydrogen (secondary N) is 1. The molecular weight excluding hydrogens is 255 g/mol. The second-order valence-electron chi connectivity index (χ2n) is 4.99. The molecule has 0 fully saturated rings. The second-order valence-corrected chi connectivity index (χ2v) is 6.49. The monoisotopic (exact) mass is 273 g/mol. The van der Waals surface area contributed by atoms with Crippen LogP contribution in [0.1, 0.15) is 27.7 Å². The van der Waals surface area contributed by atoms with Gasteiger partial charge in [-0.3, -0.25) is 9.00 Å². The van der Waals surface area contributed by atoms with Crippen LogP contribution in [0.4, 0.5) is 13.2 Å². The van der Waals surface area contributed by atoms with Crippen LogP contribution in [-0.4, -0.2) is 33.8 Å². The van der Waals surface area contributed by atoms with Crippen LogP contribution < -0.4 is 5.32 Å². The van der Waals surface area contributed by atoms with Gasteiger partial charge >= 0.3 is 6.18 Å². The Kier molecular flexibility index (Phi) is 5.64. The van der Waals surface area contributed by atoms with Gasteiger partial charge in [0.1, 0.15) is 5.75 Å². The minimum atomic E-state index is -4.43. The fourth-order valence-corrected chi connectivity index (χ4v) is 2.13. The Morgan fingerprint density at radius 3 is 2.12 bits per heavy atom. The molecule has 102 valence electrons. The van der Waals surface area contributed by atoms with Gasteiger partial charge in [0.15, 0.2) is 0 Å². The van der Waals surface area contributed by atoms with Crippen molar-refractivity contribution in [1.82, 2.24) is 5.32 Å². The van der Waals surface area contributed by atoms with Gasteiger partial charge in [-0.05, 0) is 6.92 Å². The maximum Gasteiger partial charge on any atom is 0.400 e. The van der Waals surface area contributed by atoms with E-state index in [0.29, 0.717) is 0 Å². The van der Waals surface area contributed by atoms with Gasteiger partial charge in [-0.25, -0.2) is 0 Å². The van der Waals surface area contributed by atoms with Gasteiger partial charge in [-0.15, -0.1) is 0 Å². The van der Waals surface area contributed by atoms with Gasteiger partial charge in [0.25, 0.3) is 0 Å². The molecule has 1 amide bonds. The van der Waals surface area contributed by atoms with Gasteiger partial charge < -0.3 is 5.32 Å². The average Bonchev–Trinajstić information content (AvgIpc) is 1.96. The zero-order valence-corrected chi connectivity index (χ0v) is 11.2. The Morgan fingerprint density at radius 2 is 1.76 bits per heavy atom. The molecule has 1 N–H and O–H groups in total. The van der Waals surface area contributed by atoms with Crippen LogP contribution in [0.3, 0.4) is 0 Å². The van der Waals surface area contributed by atoms with Crippen LogP contribution in [0.5, 0.6) is 0 Å². The molecule has 0 radical (unpaired) electrons. The van der Waals surface area contributed by atoms with E-state index >= 15 is 0 Å². The molecule has 0 rings (SSSR count). The fraction of sp³-hybridized carbons (Fsp3) is 0.900. The first-order valence-electron chi connectivity index (χ1n) is 5.14. The van der Waals surface area contributed by atoms with Crippen LogP contribution in [-0.2, 0) is 15.6 Å². The zero-order valence-electron chi connectivity index (χ0n) is 10.4. The number of hydrogen-bond acceptors (Lipinski definition) is 2. The van der Waals surface area contributed by atoms with Crippen molar-refractivity contribution in [3.8, 4) is 0 Å². The predicted octanol–water partition coefficient (Wildman–Crippen LogP) is 1.85. The average molecular weight is 273 g/mol. The van der Waals surface area contributed by atoms with Gasteiger partial charge in [0, 0.05) is 28.0 Å². The van der Waals surface area contributed by atoms with E-state index < -0.39 is 34.2 Å². The normalized spacial score (nSPS) is 16.4. The summed E-state index contributed by atoms with van der Waals surface area (Å²) in [6.45, 7) is 6.63. The Hall–Kier alpha value is -0.590. The molecule has 0 saturated heterocycles. The lowest BCUT2D eigenvalue weighted by molar-refractivity contribution is -0.128. The van der Waals surface area contributed by atoms with Crippen molar-refractivity contribution >= 4 is 16.7 Å². The third-order valence-corrected chi connectivity index (χ3v) is 3.34. The first-order valence-corrected chi connectivity index (χ1v) is 6.63. The standard InChI is InChI=1S/C10H18F3NO2S/c1-7(14-8(15)9(2,3)4)5-17(16)6-10(11,12)13/h7H,5-6H2,1-4H3,(H,14,15)/t7-,17?/m1/s1. The van der Waals surface area contributed by atoms with Crippen LogP contribution in [0, 0.1) is 5.41 Å². The van der Waals surface area contributed by atoms with Gasteiger partial charge in [0.05, 0.1) is 0 Å². The number of carbonyl (C=O) groups is 1. The number of carbonyl (C=O) groups excluding carboxylic acids is 1. The molecule has 0 aromatic rings. The molecule has 0 heterocycles. The van der Waals surface area contributed by atoms with Crippen molar-refractivity contribution in [2.75, 3.05) is 11.5 Å². The van der Waals surface area contributed by atoms with E-state index in [1.54, 1.807) is 20.8 Å². The molecule has 0 aromatic carbocycles. The Labute approximate surface area is 102 Å². The van der Waals surface area contributed by atoms with Crippen molar-refractivity contribution < 1.29 is 22.2 Å². The van der Waals surface area contributed by atoms with E-state index in [2.05, 4.69) is 5.32 Å². The predicted molar refractivity (Wildman–Crippen MR) is 61.0 cm³/mol. The van der Waals surface area contributed by atoms with E-state index in [1.807, 2.05) is 0 Å². The highest BCUT2D eigenvalue weighted by Gasteiger charge is 2.31. The molecule has 2 atom stereocenters. The molecule has 0 bridgehead atoms. The topological polar surface area (TPSA) is 46.2 Å². The molecule has 1 unspecified atom stereocenters. The summed E-state index contributed by atoms with van der Waals surface area (Å²) in [5, 5.41) is 2.54. The van der Waals surface area contributed by atoms with E-state index in [0.717, 1.165) is 0 Å². The summed E-state index contributed by atoms with van der Waals surface area (Å²) in [6, 6.07) is -0.537. The Balaban J connectivity index is 4.16. The van der Waals surface area contributed by atoms with Crippen LogP contribution in [0.15, 0.2) is 0 Å². The Morgan fingerprint density at radius 1 is 1.29 bits per heavy atom. The summed E-state index contributed by atoms with van der Waals surface area (Å²) in [4.78, 5) is 11.5. The van der Waals surface area contributed by atoms with Crippen LogP contribution in [0.2, 0.25) is 0 Å². The number of hydrogen-bond donors (Lipinski definition) is 1. The molecular formula is C10H18F3NO2S. The molecule has 3 nitrogen and oxygen atoms in total. The van der Waals surface area contributed by atoms with Crippen LogP contribution in [0.25, 0.3) is 0 Å². The van der Waals surface area contributed by atoms with E-state index in [1.165, 1.54) is 6.92 Å². The van der Waals surface area contributed by atoms with Crippen molar-refractivity contribution in [3.63, 3.8) is 0 Å².